The summed E-state index contributed by atoms with van der Waals surface area (Å²) in [4.78, 5) is 22.0. The van der Waals surface area contributed by atoms with Gasteiger partial charge in [0.05, 0.1) is 17.6 Å². The van der Waals surface area contributed by atoms with Gasteiger partial charge in [0.2, 0.25) is 5.91 Å². The zero-order chi connectivity index (χ0) is 14.4. The van der Waals surface area contributed by atoms with Crippen LogP contribution >= 0.6 is 11.3 Å². The summed E-state index contributed by atoms with van der Waals surface area (Å²) >= 11 is 1.53. The molecule has 7 heteroatoms. The molecule has 1 amide bonds. The zero-order valence-corrected chi connectivity index (χ0v) is 11.2. The van der Waals surface area contributed by atoms with Crippen molar-refractivity contribution >= 4 is 29.1 Å². The number of nitro groups is 1. The number of nitrogens with zero attached hydrogens (tertiary/aromatic N) is 2. The first-order valence-electron chi connectivity index (χ1n) is 5.73. The first-order chi connectivity index (χ1) is 9.66. The van der Waals surface area contributed by atoms with Crippen LogP contribution in [-0.4, -0.2) is 17.0 Å². The third-order valence-corrected chi connectivity index (χ3v) is 3.19. The van der Waals surface area contributed by atoms with Gasteiger partial charge in [-0.1, -0.05) is 18.2 Å². The summed E-state index contributed by atoms with van der Waals surface area (Å²) in [5, 5.41) is 18.4. The molecule has 0 aliphatic rings. The van der Waals surface area contributed by atoms with Gasteiger partial charge in [-0.2, -0.15) is 16.4 Å². The lowest BCUT2D eigenvalue weighted by Crippen LogP contribution is -2.20. The van der Waals surface area contributed by atoms with Gasteiger partial charge in [0.1, 0.15) is 0 Å². The van der Waals surface area contributed by atoms with E-state index in [0.29, 0.717) is 5.56 Å². The highest BCUT2D eigenvalue weighted by Crippen LogP contribution is 2.17. The Morgan fingerprint density at radius 1 is 1.40 bits per heavy atom. The third-order valence-electron chi connectivity index (χ3n) is 2.49. The highest BCUT2D eigenvalue weighted by atomic mass is 32.1. The van der Waals surface area contributed by atoms with Crippen molar-refractivity contribution in [1.29, 1.82) is 0 Å². The van der Waals surface area contributed by atoms with Gasteiger partial charge in [-0.25, -0.2) is 5.43 Å². The minimum Gasteiger partial charge on any atom is -0.273 e. The van der Waals surface area contributed by atoms with Crippen LogP contribution in [0.1, 0.15) is 11.1 Å². The number of nitro benzene ring substituents is 1. The molecule has 0 aliphatic heterocycles. The molecule has 1 N–H and O–H groups in total. The van der Waals surface area contributed by atoms with E-state index in [9.17, 15) is 14.9 Å². The number of thiophene rings is 1. The maximum atomic E-state index is 11.7. The van der Waals surface area contributed by atoms with E-state index in [4.69, 9.17) is 0 Å². The fourth-order valence-corrected chi connectivity index (χ4v) is 2.19. The number of para-hydroxylation sites is 1. The molecule has 20 heavy (non-hydrogen) atoms. The van der Waals surface area contributed by atoms with E-state index in [2.05, 4.69) is 10.5 Å². The molecular formula is C13H11N3O3S. The molecule has 0 spiro atoms. The molecule has 0 bridgehead atoms. The minimum absolute atomic E-state index is 0.0653. The number of nitrogens with one attached hydrogen (secondary N) is 1. The predicted molar refractivity (Wildman–Crippen MR) is 76.9 cm³/mol. The lowest BCUT2D eigenvalue weighted by atomic mass is 10.1. The molecule has 0 unspecified atom stereocenters. The van der Waals surface area contributed by atoms with Gasteiger partial charge in [-0.15, -0.1) is 0 Å². The first-order valence-corrected chi connectivity index (χ1v) is 6.67. The Bertz CT molecular complexity index is 638. The second-order valence-electron chi connectivity index (χ2n) is 3.91. The van der Waals surface area contributed by atoms with E-state index in [1.165, 1.54) is 23.6 Å². The topological polar surface area (TPSA) is 84.6 Å². The molecule has 1 aromatic carbocycles. The number of rotatable bonds is 5. The summed E-state index contributed by atoms with van der Waals surface area (Å²) < 4.78 is 0. The van der Waals surface area contributed by atoms with Crippen molar-refractivity contribution in [3.8, 4) is 0 Å². The van der Waals surface area contributed by atoms with Crippen LogP contribution in [0.4, 0.5) is 5.69 Å². The van der Waals surface area contributed by atoms with Crippen molar-refractivity contribution in [1.82, 2.24) is 5.43 Å². The number of hydrogen-bond acceptors (Lipinski definition) is 5. The molecule has 6 nitrogen and oxygen atoms in total. The van der Waals surface area contributed by atoms with E-state index in [-0.39, 0.29) is 12.1 Å². The van der Waals surface area contributed by atoms with Gasteiger partial charge in [0.15, 0.2) is 0 Å². The standard InChI is InChI=1S/C13H11N3O3S/c17-13(15-14-8-10-5-6-20-9-10)7-11-3-1-2-4-12(11)16(18)19/h1-6,8-9H,7H2,(H,15,17)/b14-8+. The number of benzene rings is 1. The largest absolute Gasteiger partial charge is 0.273 e. The lowest BCUT2D eigenvalue weighted by molar-refractivity contribution is -0.385. The molecule has 0 saturated heterocycles. The fourth-order valence-electron chi connectivity index (χ4n) is 1.58. The van der Waals surface area contributed by atoms with Gasteiger partial charge in [0.25, 0.3) is 5.69 Å². The van der Waals surface area contributed by atoms with Crippen LogP contribution in [0.5, 0.6) is 0 Å². The predicted octanol–water partition coefficient (Wildman–Crippen LogP) is 2.35. The molecule has 2 aromatic rings. The molecule has 0 fully saturated rings. The molecule has 2 rings (SSSR count). The summed E-state index contributed by atoms with van der Waals surface area (Å²) in [6, 6.07) is 8.01. The summed E-state index contributed by atoms with van der Waals surface area (Å²) in [7, 11) is 0. The molecule has 0 aliphatic carbocycles. The molecular weight excluding hydrogens is 278 g/mol. The van der Waals surface area contributed by atoms with Crippen molar-refractivity contribution < 1.29 is 9.72 Å². The molecule has 1 aromatic heterocycles. The third kappa shape index (κ3) is 3.72. The van der Waals surface area contributed by atoms with Crippen LogP contribution in [-0.2, 0) is 11.2 Å². The van der Waals surface area contributed by atoms with E-state index < -0.39 is 10.8 Å². The van der Waals surface area contributed by atoms with Crippen molar-refractivity contribution in [3.63, 3.8) is 0 Å². The summed E-state index contributed by atoms with van der Waals surface area (Å²) in [5.74, 6) is -0.397. The number of carbonyl (C=O) groups excluding carboxylic acids is 1. The molecule has 0 radical (unpaired) electrons. The average molecular weight is 289 g/mol. The maximum absolute atomic E-state index is 11.7. The molecule has 0 saturated carbocycles. The molecule has 1 heterocycles. The average Bonchev–Trinajstić information content (AvgIpc) is 2.92. The molecule has 0 atom stereocenters. The second kappa shape index (κ2) is 6.58. The van der Waals surface area contributed by atoms with Crippen molar-refractivity contribution in [2.75, 3.05) is 0 Å². The summed E-state index contributed by atoms with van der Waals surface area (Å²) in [6.07, 6.45) is 1.44. The quantitative estimate of drug-likeness (QED) is 0.521. The minimum atomic E-state index is -0.503. The van der Waals surface area contributed by atoms with Gasteiger partial charge in [-0.05, 0) is 16.8 Å². The van der Waals surface area contributed by atoms with Crippen LogP contribution < -0.4 is 5.43 Å². The molecule has 102 valence electrons. The Morgan fingerprint density at radius 3 is 2.90 bits per heavy atom. The van der Waals surface area contributed by atoms with Gasteiger partial charge >= 0.3 is 0 Å². The van der Waals surface area contributed by atoms with Crippen LogP contribution in [0.15, 0.2) is 46.2 Å². The number of amides is 1. The summed E-state index contributed by atoms with van der Waals surface area (Å²) in [5.41, 5.74) is 3.53. The van der Waals surface area contributed by atoms with Gasteiger partial charge in [0, 0.05) is 17.2 Å². The van der Waals surface area contributed by atoms with Crippen LogP contribution in [0.2, 0.25) is 0 Å². The first kappa shape index (κ1) is 13.9. The number of hydrazone groups is 1. The SMILES string of the molecule is O=C(Cc1ccccc1[N+](=O)[O-])N/N=C/c1ccsc1. The zero-order valence-electron chi connectivity index (χ0n) is 10.4. The monoisotopic (exact) mass is 289 g/mol. The Hall–Kier alpha value is -2.54. The van der Waals surface area contributed by atoms with Crippen molar-refractivity contribution in [2.24, 2.45) is 5.10 Å². The van der Waals surface area contributed by atoms with Crippen LogP contribution in [0, 0.1) is 10.1 Å². The Balaban J connectivity index is 1.96. The van der Waals surface area contributed by atoms with E-state index >= 15 is 0 Å². The smallest absolute Gasteiger partial charge is 0.273 e. The van der Waals surface area contributed by atoms with E-state index in [1.807, 2.05) is 16.8 Å². The van der Waals surface area contributed by atoms with Crippen molar-refractivity contribution in [3.05, 3.63) is 62.3 Å². The Kier molecular flexibility index (Phi) is 4.56. The maximum Gasteiger partial charge on any atom is 0.273 e. The number of carbonyl (C=O) groups is 1. The number of hydrogen-bond donors (Lipinski definition) is 1. The van der Waals surface area contributed by atoms with E-state index in [1.54, 1.807) is 18.2 Å². The lowest BCUT2D eigenvalue weighted by Gasteiger charge is -2.01. The van der Waals surface area contributed by atoms with Crippen LogP contribution in [0.3, 0.4) is 0 Å². The van der Waals surface area contributed by atoms with Crippen molar-refractivity contribution in [2.45, 2.75) is 6.42 Å². The Labute approximate surface area is 118 Å². The normalized spacial score (nSPS) is 10.6. The van der Waals surface area contributed by atoms with Crippen LogP contribution in [0.25, 0.3) is 0 Å². The van der Waals surface area contributed by atoms with Gasteiger partial charge in [-0.3, -0.25) is 14.9 Å². The summed E-state index contributed by atoms with van der Waals surface area (Å²) in [6.45, 7) is 0. The Morgan fingerprint density at radius 2 is 2.20 bits per heavy atom. The fraction of sp³-hybridized carbons (Fsp3) is 0.0769. The highest BCUT2D eigenvalue weighted by Gasteiger charge is 2.14. The van der Waals surface area contributed by atoms with E-state index in [0.717, 1.165) is 5.56 Å². The highest BCUT2D eigenvalue weighted by molar-refractivity contribution is 7.08. The second-order valence-corrected chi connectivity index (χ2v) is 4.69. The van der Waals surface area contributed by atoms with Gasteiger partial charge < -0.3 is 0 Å².